The number of nitrogens with two attached hydrogens (primary N) is 1. The molecule has 2 bridgehead atoms. The smallest absolute Gasteiger partial charge is 0.249 e. The van der Waals surface area contributed by atoms with E-state index in [0.29, 0.717) is 34.0 Å². The van der Waals surface area contributed by atoms with Gasteiger partial charge in [-0.1, -0.05) is 0 Å². The van der Waals surface area contributed by atoms with Gasteiger partial charge in [-0.2, -0.15) is 10.4 Å². The summed E-state index contributed by atoms with van der Waals surface area (Å²) >= 11 is 0. The molecule has 1 aliphatic rings. The number of rotatable bonds is 0. The summed E-state index contributed by atoms with van der Waals surface area (Å²) in [5.74, 6) is 0.570. The van der Waals surface area contributed by atoms with Crippen molar-refractivity contribution < 1.29 is 13.9 Å². The van der Waals surface area contributed by atoms with Crippen molar-refractivity contribution in [3.63, 3.8) is 0 Å². The Hall–Kier alpha value is -4.39. The molecule has 0 aliphatic carbocycles. The Bertz CT molecular complexity index is 1370. The number of hydrogen-bond donors (Lipinski definition) is 1. The summed E-state index contributed by atoms with van der Waals surface area (Å²) in [6.07, 6.45) is 2.49. The van der Waals surface area contributed by atoms with Crippen LogP contribution in [0.1, 0.15) is 24.3 Å². The van der Waals surface area contributed by atoms with Crippen LogP contribution in [0, 0.1) is 17.1 Å². The summed E-state index contributed by atoms with van der Waals surface area (Å²) in [7, 11) is 1.65. The Balaban J connectivity index is 1.83. The fourth-order valence-electron chi connectivity index (χ4n) is 3.59. The van der Waals surface area contributed by atoms with Crippen LogP contribution in [0.3, 0.4) is 0 Å². The number of nitriles is 1. The van der Waals surface area contributed by atoms with Crippen LogP contribution in [0.2, 0.25) is 0 Å². The third-order valence-corrected chi connectivity index (χ3v) is 5.06. The Morgan fingerprint density at radius 2 is 2.10 bits per heavy atom. The molecule has 0 saturated carbocycles. The Kier molecular flexibility index (Phi) is 4.11. The molecule has 5 rings (SSSR count). The molecule has 0 spiro atoms. The number of anilines is 1. The van der Waals surface area contributed by atoms with Crippen LogP contribution in [-0.4, -0.2) is 24.5 Å². The molecule has 0 unspecified atom stereocenters. The lowest BCUT2D eigenvalue weighted by molar-refractivity contribution is 0.226. The molecule has 0 saturated heterocycles. The van der Waals surface area contributed by atoms with Crippen LogP contribution in [0.5, 0.6) is 17.5 Å². The summed E-state index contributed by atoms with van der Waals surface area (Å²) in [5, 5.41) is 18.4. The van der Waals surface area contributed by atoms with Gasteiger partial charge in [-0.3, -0.25) is 4.68 Å². The maximum absolute atomic E-state index is 14.1. The maximum Gasteiger partial charge on any atom is 0.249 e. The van der Waals surface area contributed by atoms with Gasteiger partial charge in [0.05, 0.1) is 17.4 Å². The summed E-state index contributed by atoms with van der Waals surface area (Å²) < 4.78 is 29.2. The average molecular weight is 417 g/mol. The lowest BCUT2D eigenvalue weighted by Crippen LogP contribution is -2.12. The van der Waals surface area contributed by atoms with Gasteiger partial charge in [0.25, 0.3) is 0 Å². The molecule has 1 aliphatic heterocycles. The number of nitrogen functional groups attached to an aromatic ring is 1. The lowest BCUT2D eigenvalue weighted by atomic mass is 10.1. The Morgan fingerprint density at radius 3 is 2.90 bits per heavy atom. The molecule has 1 aromatic carbocycles. The van der Waals surface area contributed by atoms with E-state index in [-0.39, 0.29) is 17.4 Å². The third-order valence-electron chi connectivity index (χ3n) is 5.06. The summed E-state index contributed by atoms with van der Waals surface area (Å²) in [6, 6.07) is 9.77. The Labute approximate surface area is 176 Å². The molecule has 10 heteroatoms. The molecule has 4 heterocycles. The highest BCUT2D eigenvalue weighted by Gasteiger charge is 2.25. The normalized spacial score (nSPS) is 14.6. The number of hydrogen-bond acceptors (Lipinski definition) is 7. The number of halogens is 1. The second-order valence-corrected chi connectivity index (χ2v) is 7.02. The zero-order chi connectivity index (χ0) is 21.7. The van der Waals surface area contributed by atoms with Crippen molar-refractivity contribution >= 4 is 5.82 Å². The molecule has 0 amide bonds. The summed E-state index contributed by atoms with van der Waals surface area (Å²) in [4.78, 5) is 4.21. The highest BCUT2D eigenvalue weighted by atomic mass is 19.1. The van der Waals surface area contributed by atoms with E-state index < -0.39 is 11.9 Å². The van der Waals surface area contributed by atoms with Crippen molar-refractivity contribution in [3.8, 4) is 40.4 Å². The molecule has 31 heavy (non-hydrogen) atoms. The second kappa shape index (κ2) is 6.84. The predicted molar refractivity (Wildman–Crippen MR) is 108 cm³/mol. The number of nitrogens with zero attached hydrogens (tertiary/aromatic N) is 6. The highest BCUT2D eigenvalue weighted by Crippen LogP contribution is 2.40. The number of pyridine rings is 1. The van der Waals surface area contributed by atoms with Crippen molar-refractivity contribution in [3.05, 3.63) is 59.8 Å². The van der Waals surface area contributed by atoms with Gasteiger partial charge >= 0.3 is 0 Å². The average Bonchev–Trinajstić information content (AvgIpc) is 3.32. The molecule has 2 N–H and O–H groups in total. The Morgan fingerprint density at radius 1 is 1.26 bits per heavy atom. The van der Waals surface area contributed by atoms with Gasteiger partial charge in [0.15, 0.2) is 11.6 Å². The summed E-state index contributed by atoms with van der Waals surface area (Å²) in [5.41, 5.74) is 8.42. The molecule has 0 fully saturated rings. The first-order valence-corrected chi connectivity index (χ1v) is 9.37. The standard InChI is InChI=1S/C21H16FN7O2/c1-11-14-8-13(22)3-4-15(14)29-18(5-6-26-29)31-21-19(16(9-23)28(2)27-21)12-7-17(30-11)20(24)25-10-12/h3-8,10-11H,1-2H3,(H2,24,25)/t11-/m1/s1. The molecule has 1 atom stereocenters. The topological polar surface area (TPSA) is 117 Å². The van der Waals surface area contributed by atoms with Crippen LogP contribution < -0.4 is 15.2 Å². The zero-order valence-electron chi connectivity index (χ0n) is 16.6. The minimum absolute atomic E-state index is 0.162. The minimum atomic E-state index is -0.592. The highest BCUT2D eigenvalue weighted by molar-refractivity contribution is 5.76. The number of benzene rings is 1. The fourth-order valence-corrected chi connectivity index (χ4v) is 3.59. The van der Waals surface area contributed by atoms with Gasteiger partial charge < -0.3 is 15.2 Å². The van der Waals surface area contributed by atoms with Crippen LogP contribution >= 0.6 is 0 Å². The lowest BCUT2D eigenvalue weighted by Gasteiger charge is -2.21. The first-order chi connectivity index (χ1) is 15.0. The first kappa shape index (κ1) is 18.6. The van der Waals surface area contributed by atoms with E-state index in [2.05, 4.69) is 21.3 Å². The molecular formula is C21H16FN7O2. The molecule has 9 nitrogen and oxygen atoms in total. The van der Waals surface area contributed by atoms with Gasteiger partial charge in [0, 0.05) is 30.4 Å². The van der Waals surface area contributed by atoms with E-state index in [1.54, 1.807) is 38.4 Å². The first-order valence-electron chi connectivity index (χ1n) is 9.37. The van der Waals surface area contributed by atoms with E-state index >= 15 is 0 Å². The third kappa shape index (κ3) is 2.95. The molecule has 3 aromatic heterocycles. The van der Waals surface area contributed by atoms with Gasteiger partial charge in [-0.15, -0.1) is 5.10 Å². The van der Waals surface area contributed by atoms with E-state index in [1.807, 2.05) is 0 Å². The van der Waals surface area contributed by atoms with E-state index in [4.69, 9.17) is 15.2 Å². The van der Waals surface area contributed by atoms with Gasteiger partial charge in [0.2, 0.25) is 11.8 Å². The quantitative estimate of drug-likeness (QED) is 0.465. The van der Waals surface area contributed by atoms with Crippen molar-refractivity contribution in [1.29, 1.82) is 5.26 Å². The SMILES string of the molecule is C[C@H]1Oc2cc(cnc2N)-c2c(nn(C)c2C#N)Oc2ccnn2-c2ccc(F)cc21. The number of ether oxygens (including phenoxy) is 2. The predicted octanol–water partition coefficient (Wildman–Crippen LogP) is 3.51. The van der Waals surface area contributed by atoms with Crippen LogP contribution in [0.25, 0.3) is 16.8 Å². The molecule has 154 valence electrons. The monoisotopic (exact) mass is 417 g/mol. The number of fused-ring (bicyclic) bond motifs is 7. The maximum atomic E-state index is 14.1. The van der Waals surface area contributed by atoms with Crippen LogP contribution in [0.15, 0.2) is 42.7 Å². The van der Waals surface area contributed by atoms with Gasteiger partial charge in [-0.05, 0) is 31.2 Å². The molecule has 4 aromatic rings. The van der Waals surface area contributed by atoms with Crippen molar-refractivity contribution in [2.75, 3.05) is 5.73 Å². The van der Waals surface area contributed by atoms with Gasteiger partial charge in [-0.25, -0.2) is 14.1 Å². The van der Waals surface area contributed by atoms with Crippen molar-refractivity contribution in [2.24, 2.45) is 7.05 Å². The molecule has 0 radical (unpaired) electrons. The van der Waals surface area contributed by atoms with Gasteiger partial charge in [0.1, 0.15) is 23.7 Å². The number of aromatic nitrogens is 5. The van der Waals surface area contributed by atoms with E-state index in [9.17, 15) is 9.65 Å². The second-order valence-electron chi connectivity index (χ2n) is 7.02. The van der Waals surface area contributed by atoms with E-state index in [0.717, 1.165) is 0 Å². The summed E-state index contributed by atoms with van der Waals surface area (Å²) in [6.45, 7) is 1.77. The van der Waals surface area contributed by atoms with E-state index in [1.165, 1.54) is 27.7 Å². The van der Waals surface area contributed by atoms with Crippen molar-refractivity contribution in [2.45, 2.75) is 13.0 Å². The minimum Gasteiger partial charge on any atom is -0.482 e. The fraction of sp³-hybridized carbons (Fsp3) is 0.143. The molecular weight excluding hydrogens is 401 g/mol. The van der Waals surface area contributed by atoms with Crippen molar-refractivity contribution in [1.82, 2.24) is 24.5 Å². The van der Waals surface area contributed by atoms with Crippen LogP contribution in [-0.2, 0) is 7.05 Å². The largest absolute Gasteiger partial charge is 0.482 e. The zero-order valence-corrected chi connectivity index (χ0v) is 16.6. The van der Waals surface area contributed by atoms with Crippen LogP contribution in [0.4, 0.5) is 10.2 Å². The number of aryl methyl sites for hydroxylation is 1.